The largest absolute Gasteiger partial charge is 0.478 e. The Labute approximate surface area is 284 Å². The van der Waals surface area contributed by atoms with E-state index in [4.69, 9.17) is 4.74 Å². The van der Waals surface area contributed by atoms with Crippen LogP contribution in [0.2, 0.25) is 0 Å². The van der Waals surface area contributed by atoms with Gasteiger partial charge in [-0.15, -0.1) is 0 Å². The van der Waals surface area contributed by atoms with Gasteiger partial charge in [-0.1, -0.05) is 27.7 Å². The van der Waals surface area contributed by atoms with Gasteiger partial charge in [0.2, 0.25) is 15.9 Å². The molecule has 0 spiro atoms. The van der Waals surface area contributed by atoms with Gasteiger partial charge in [-0.05, 0) is 67.2 Å². The van der Waals surface area contributed by atoms with Crippen molar-refractivity contribution in [1.82, 2.24) is 24.3 Å². The van der Waals surface area contributed by atoms with Gasteiger partial charge in [-0.3, -0.25) is 9.69 Å². The Bertz CT molecular complexity index is 1420. The molecule has 3 aliphatic heterocycles. The number of aromatic carboxylic acids is 1. The van der Waals surface area contributed by atoms with Crippen molar-refractivity contribution in [2.24, 2.45) is 17.8 Å². The number of urea groups is 1. The Kier molecular flexibility index (Phi) is 12.7. The molecule has 4 amide bonds. The Morgan fingerprint density at radius 2 is 1.65 bits per heavy atom. The number of benzene rings is 1. The van der Waals surface area contributed by atoms with E-state index in [-0.39, 0.29) is 41.3 Å². The van der Waals surface area contributed by atoms with E-state index in [1.807, 2.05) is 27.7 Å². The highest BCUT2D eigenvalue weighted by Crippen LogP contribution is 2.29. The number of rotatable bonds is 11. The summed E-state index contributed by atoms with van der Waals surface area (Å²) >= 11 is 0. The first-order chi connectivity index (χ1) is 22.6. The fourth-order valence-electron chi connectivity index (χ4n) is 6.68. The van der Waals surface area contributed by atoms with Gasteiger partial charge < -0.3 is 30.3 Å². The summed E-state index contributed by atoms with van der Waals surface area (Å²) in [6, 6.07) is 3.65. The second-order valence-electron chi connectivity index (χ2n) is 14.1. The van der Waals surface area contributed by atoms with Gasteiger partial charge in [0.1, 0.15) is 6.04 Å². The number of hydrogen-bond acceptors (Lipinski definition) is 8. The standard InChI is InChI=1S/C33H52N6O8S/c1-22(2)16-25-17-26(6-7-28(25)31(41)42)35-30(40)29-18-27(36-12-14-38(15-13-36)48(5,45)46)20-39(29)33(44)37-10-8-24(9-11-37)19-34-32(43)47-21-23(3)4/h6-7,17,22-24,27,29H,8-16,18-21H2,1-5H3,(H,34,43)(H,35,40)(H,41,42)/t27-,29-/m0/s1. The van der Waals surface area contributed by atoms with E-state index >= 15 is 0 Å². The second-order valence-corrected chi connectivity index (χ2v) is 16.1. The number of piperidine rings is 1. The number of piperazine rings is 1. The molecule has 1 aromatic rings. The predicted octanol–water partition coefficient (Wildman–Crippen LogP) is 2.76. The zero-order valence-electron chi connectivity index (χ0n) is 28.8. The van der Waals surface area contributed by atoms with Crippen molar-refractivity contribution >= 4 is 39.7 Å². The minimum absolute atomic E-state index is 0.129. The first-order valence-electron chi connectivity index (χ1n) is 16.9. The van der Waals surface area contributed by atoms with Gasteiger partial charge >= 0.3 is 18.1 Å². The van der Waals surface area contributed by atoms with Gasteiger partial charge in [0.05, 0.1) is 18.4 Å². The molecule has 3 N–H and O–H groups in total. The predicted molar refractivity (Wildman–Crippen MR) is 181 cm³/mol. The molecular formula is C33H52N6O8S. The van der Waals surface area contributed by atoms with E-state index in [1.54, 1.807) is 21.9 Å². The lowest BCUT2D eigenvalue weighted by Crippen LogP contribution is -2.53. The summed E-state index contributed by atoms with van der Waals surface area (Å²) in [6.07, 6.45) is 3.09. The van der Waals surface area contributed by atoms with Crippen LogP contribution >= 0.6 is 0 Å². The minimum Gasteiger partial charge on any atom is -0.478 e. The summed E-state index contributed by atoms with van der Waals surface area (Å²) in [5.41, 5.74) is 1.29. The van der Waals surface area contributed by atoms with Crippen LogP contribution in [0.15, 0.2) is 18.2 Å². The van der Waals surface area contributed by atoms with Gasteiger partial charge in [0.25, 0.3) is 0 Å². The molecule has 2 atom stereocenters. The van der Waals surface area contributed by atoms with E-state index in [1.165, 1.54) is 16.6 Å². The Balaban J connectivity index is 1.44. The summed E-state index contributed by atoms with van der Waals surface area (Å²) in [5.74, 6) is -0.720. The van der Waals surface area contributed by atoms with Crippen molar-refractivity contribution in [3.8, 4) is 0 Å². The average Bonchev–Trinajstić information content (AvgIpc) is 3.48. The Morgan fingerprint density at radius 3 is 2.23 bits per heavy atom. The lowest BCUT2D eigenvalue weighted by molar-refractivity contribution is -0.119. The fourth-order valence-corrected chi connectivity index (χ4v) is 7.51. The Hall–Kier alpha value is -3.43. The number of nitrogens with zero attached hydrogens (tertiary/aromatic N) is 4. The third kappa shape index (κ3) is 10.0. The summed E-state index contributed by atoms with van der Waals surface area (Å²) in [7, 11) is -3.31. The van der Waals surface area contributed by atoms with Gasteiger partial charge in [0.15, 0.2) is 0 Å². The van der Waals surface area contributed by atoms with Crippen LogP contribution in [0.5, 0.6) is 0 Å². The zero-order valence-corrected chi connectivity index (χ0v) is 29.6. The number of amides is 4. The fraction of sp³-hybridized carbons (Fsp3) is 0.697. The minimum atomic E-state index is -3.31. The van der Waals surface area contributed by atoms with E-state index in [9.17, 15) is 32.7 Å². The number of carbonyl (C=O) groups excluding carboxylic acids is 3. The highest BCUT2D eigenvalue weighted by Gasteiger charge is 2.44. The number of carbonyl (C=O) groups is 4. The van der Waals surface area contributed by atoms with Crippen LogP contribution in [0, 0.1) is 17.8 Å². The molecule has 48 heavy (non-hydrogen) atoms. The number of carboxylic acids is 1. The molecule has 0 unspecified atom stereocenters. The maximum absolute atomic E-state index is 14.0. The molecule has 4 rings (SSSR count). The van der Waals surface area contributed by atoms with Crippen LogP contribution in [0.4, 0.5) is 15.3 Å². The molecule has 0 bridgehead atoms. The number of sulfonamides is 1. The summed E-state index contributed by atoms with van der Waals surface area (Å²) in [6.45, 7) is 11.8. The first kappa shape index (κ1) is 37.4. The second kappa shape index (κ2) is 16.3. The zero-order chi connectivity index (χ0) is 35.2. The van der Waals surface area contributed by atoms with Crippen molar-refractivity contribution in [3.05, 3.63) is 29.3 Å². The normalized spacial score (nSPS) is 21.5. The van der Waals surface area contributed by atoms with E-state index < -0.39 is 28.1 Å². The van der Waals surface area contributed by atoms with Crippen molar-refractivity contribution in [3.63, 3.8) is 0 Å². The van der Waals surface area contributed by atoms with Crippen LogP contribution in [0.25, 0.3) is 0 Å². The molecule has 3 saturated heterocycles. The number of nitrogens with one attached hydrogen (secondary N) is 2. The third-order valence-corrected chi connectivity index (χ3v) is 10.6. The van der Waals surface area contributed by atoms with Crippen LogP contribution in [0.3, 0.4) is 0 Å². The SMILES string of the molecule is CC(C)COC(=O)NCC1CCN(C(=O)N2C[C@@H](N3CCN(S(C)(=O)=O)CC3)C[C@H]2C(=O)Nc2ccc(C(=O)O)c(CC(C)C)c2)CC1. The smallest absolute Gasteiger partial charge is 0.407 e. The first-order valence-corrected chi connectivity index (χ1v) is 18.8. The summed E-state index contributed by atoms with van der Waals surface area (Å²) in [5, 5.41) is 15.4. The van der Waals surface area contributed by atoms with Crippen LogP contribution in [-0.2, 0) is 26.0 Å². The molecule has 0 aromatic heterocycles. The van der Waals surface area contributed by atoms with E-state index in [2.05, 4.69) is 15.5 Å². The van der Waals surface area contributed by atoms with Crippen molar-refractivity contribution in [1.29, 1.82) is 0 Å². The molecule has 3 heterocycles. The molecule has 3 aliphatic rings. The molecule has 3 fully saturated rings. The van der Waals surface area contributed by atoms with Crippen LogP contribution < -0.4 is 10.6 Å². The highest BCUT2D eigenvalue weighted by atomic mass is 32.2. The number of hydrogen-bond donors (Lipinski definition) is 3. The molecule has 268 valence electrons. The molecule has 0 aliphatic carbocycles. The molecular weight excluding hydrogens is 640 g/mol. The maximum Gasteiger partial charge on any atom is 0.407 e. The summed E-state index contributed by atoms with van der Waals surface area (Å²) in [4.78, 5) is 57.2. The number of anilines is 1. The lowest BCUT2D eigenvalue weighted by Gasteiger charge is -2.37. The van der Waals surface area contributed by atoms with Crippen molar-refractivity contribution in [2.45, 2.75) is 65.5 Å². The monoisotopic (exact) mass is 692 g/mol. The summed E-state index contributed by atoms with van der Waals surface area (Å²) < 4.78 is 30.8. The topological polar surface area (TPSA) is 169 Å². The van der Waals surface area contributed by atoms with Gasteiger partial charge in [-0.25, -0.2) is 22.8 Å². The van der Waals surface area contributed by atoms with E-state index in [0.29, 0.717) is 95.9 Å². The molecule has 0 saturated carbocycles. The highest BCUT2D eigenvalue weighted by molar-refractivity contribution is 7.88. The number of likely N-dealkylation sites (tertiary alicyclic amines) is 2. The number of ether oxygens (including phenoxy) is 1. The van der Waals surface area contributed by atoms with Crippen molar-refractivity contribution in [2.75, 3.05) is 70.5 Å². The average molecular weight is 693 g/mol. The number of alkyl carbamates (subject to hydrolysis) is 1. The van der Waals surface area contributed by atoms with Gasteiger partial charge in [0, 0.05) is 64.1 Å². The molecule has 14 nitrogen and oxygen atoms in total. The molecule has 15 heteroatoms. The van der Waals surface area contributed by atoms with Crippen LogP contribution in [0.1, 0.15) is 62.9 Å². The van der Waals surface area contributed by atoms with Gasteiger partial charge in [-0.2, -0.15) is 4.31 Å². The molecule has 0 radical (unpaired) electrons. The molecule has 1 aromatic carbocycles. The maximum atomic E-state index is 14.0. The van der Waals surface area contributed by atoms with E-state index in [0.717, 1.165) is 0 Å². The van der Waals surface area contributed by atoms with Crippen LogP contribution in [-0.4, -0.2) is 134 Å². The lowest BCUT2D eigenvalue weighted by atomic mass is 9.97. The third-order valence-electron chi connectivity index (χ3n) is 9.29. The quantitative estimate of drug-likeness (QED) is 0.316. The number of carboxylic acid groups (broad SMARTS) is 1. The van der Waals surface area contributed by atoms with Crippen molar-refractivity contribution < 1.29 is 37.4 Å². The Morgan fingerprint density at radius 1 is 0.979 bits per heavy atom.